The zero-order valence-electron chi connectivity index (χ0n) is 11.0. The van der Waals surface area contributed by atoms with E-state index in [1.165, 1.54) is 44.9 Å². The molecule has 0 saturated carbocycles. The maximum Gasteiger partial charge on any atom is 0.306 e. The van der Waals surface area contributed by atoms with Gasteiger partial charge in [-0.1, -0.05) is 50.7 Å². The largest absolute Gasteiger partial charge is 0.466 e. The lowest BCUT2D eigenvalue weighted by atomic mass is 10.1. The predicted molar refractivity (Wildman–Crippen MR) is 70.9 cm³/mol. The Bertz CT molecular complexity index is 221. The molecule has 2 nitrogen and oxygen atoms in total. The maximum atomic E-state index is 11.3. The summed E-state index contributed by atoms with van der Waals surface area (Å²) in [5, 5.41) is 0. The summed E-state index contributed by atoms with van der Waals surface area (Å²) in [4.78, 5) is 11.3. The van der Waals surface area contributed by atoms with Crippen LogP contribution in [0.15, 0.2) is 12.2 Å². The van der Waals surface area contributed by atoms with Crippen molar-refractivity contribution in [2.75, 3.05) is 6.61 Å². The van der Waals surface area contributed by atoms with Crippen LogP contribution in [0.4, 0.5) is 0 Å². The zero-order chi connectivity index (χ0) is 12.2. The highest BCUT2D eigenvalue weighted by Gasteiger charge is 2.01. The van der Waals surface area contributed by atoms with Crippen molar-refractivity contribution in [1.29, 1.82) is 0 Å². The summed E-state index contributed by atoms with van der Waals surface area (Å²) in [5.41, 5.74) is 0. The van der Waals surface area contributed by atoms with Crippen LogP contribution >= 0.6 is 0 Å². The third-order valence-corrected chi connectivity index (χ3v) is 3.21. The number of hydrogen-bond acceptors (Lipinski definition) is 2. The Morgan fingerprint density at radius 1 is 0.765 bits per heavy atom. The molecule has 17 heavy (non-hydrogen) atoms. The Morgan fingerprint density at radius 3 is 2.12 bits per heavy atom. The van der Waals surface area contributed by atoms with E-state index in [4.69, 9.17) is 4.74 Å². The molecule has 0 bridgehead atoms. The second-order valence-electron chi connectivity index (χ2n) is 4.85. The Morgan fingerprint density at radius 2 is 1.35 bits per heavy atom. The van der Waals surface area contributed by atoms with Crippen molar-refractivity contribution in [3.8, 4) is 0 Å². The molecular weight excluding hydrogens is 212 g/mol. The Kier molecular flexibility index (Phi) is 8.71. The molecule has 1 heterocycles. The van der Waals surface area contributed by atoms with Crippen LogP contribution in [0.2, 0.25) is 0 Å². The molecule has 0 unspecified atom stereocenters. The molecule has 0 amide bonds. The van der Waals surface area contributed by atoms with E-state index in [1.807, 2.05) is 0 Å². The molecule has 0 aliphatic carbocycles. The maximum absolute atomic E-state index is 11.3. The van der Waals surface area contributed by atoms with E-state index < -0.39 is 0 Å². The average molecular weight is 238 g/mol. The molecular formula is C15H26O2. The van der Waals surface area contributed by atoms with Gasteiger partial charge in [-0.3, -0.25) is 4.79 Å². The second-order valence-corrected chi connectivity index (χ2v) is 4.85. The monoisotopic (exact) mass is 238 g/mol. The molecule has 0 atom stereocenters. The van der Waals surface area contributed by atoms with Crippen LogP contribution in [0.3, 0.4) is 0 Å². The quantitative estimate of drug-likeness (QED) is 0.462. The van der Waals surface area contributed by atoms with Crippen LogP contribution in [0.5, 0.6) is 0 Å². The van der Waals surface area contributed by atoms with Crippen molar-refractivity contribution in [3.05, 3.63) is 12.2 Å². The van der Waals surface area contributed by atoms with E-state index in [-0.39, 0.29) is 5.97 Å². The van der Waals surface area contributed by atoms with E-state index in [1.54, 1.807) is 0 Å². The topological polar surface area (TPSA) is 26.3 Å². The fraction of sp³-hybridized carbons (Fsp3) is 0.800. The van der Waals surface area contributed by atoms with E-state index in [0.29, 0.717) is 13.0 Å². The third kappa shape index (κ3) is 8.96. The molecule has 0 saturated heterocycles. The fourth-order valence-electron chi connectivity index (χ4n) is 2.12. The Balaban J connectivity index is 2.19. The van der Waals surface area contributed by atoms with Crippen LogP contribution < -0.4 is 0 Å². The van der Waals surface area contributed by atoms with E-state index in [0.717, 1.165) is 19.3 Å². The van der Waals surface area contributed by atoms with Crippen molar-refractivity contribution in [2.24, 2.45) is 0 Å². The van der Waals surface area contributed by atoms with E-state index in [9.17, 15) is 4.79 Å². The number of allylic oxidation sites excluding steroid dienone is 2. The number of esters is 1. The average Bonchev–Trinajstić information content (AvgIpc) is 2.32. The fourth-order valence-corrected chi connectivity index (χ4v) is 2.12. The van der Waals surface area contributed by atoms with Crippen LogP contribution in [0, 0.1) is 0 Å². The minimum absolute atomic E-state index is 0.0401. The molecule has 0 radical (unpaired) electrons. The van der Waals surface area contributed by atoms with Crippen molar-refractivity contribution >= 4 is 5.97 Å². The van der Waals surface area contributed by atoms with Gasteiger partial charge in [-0.05, 0) is 25.7 Å². The normalized spacial score (nSPS) is 22.0. The van der Waals surface area contributed by atoms with Gasteiger partial charge in [0.25, 0.3) is 0 Å². The summed E-state index contributed by atoms with van der Waals surface area (Å²) in [7, 11) is 0. The van der Waals surface area contributed by atoms with Gasteiger partial charge in [0, 0.05) is 6.42 Å². The van der Waals surface area contributed by atoms with Crippen molar-refractivity contribution in [3.63, 3.8) is 0 Å². The third-order valence-electron chi connectivity index (χ3n) is 3.21. The first kappa shape index (κ1) is 14.3. The summed E-state index contributed by atoms with van der Waals surface area (Å²) in [6, 6.07) is 0. The van der Waals surface area contributed by atoms with Gasteiger partial charge in [-0.2, -0.15) is 0 Å². The highest BCUT2D eigenvalue weighted by molar-refractivity contribution is 5.69. The van der Waals surface area contributed by atoms with Gasteiger partial charge in [0.05, 0.1) is 6.61 Å². The molecule has 0 aromatic carbocycles. The lowest BCUT2D eigenvalue weighted by molar-refractivity contribution is -0.143. The van der Waals surface area contributed by atoms with Crippen molar-refractivity contribution in [2.45, 2.75) is 70.6 Å². The summed E-state index contributed by atoms with van der Waals surface area (Å²) < 4.78 is 5.17. The molecule has 0 aromatic rings. The summed E-state index contributed by atoms with van der Waals surface area (Å²) in [6.45, 7) is 0.614. The van der Waals surface area contributed by atoms with Crippen molar-refractivity contribution in [1.82, 2.24) is 0 Å². The first-order valence-corrected chi connectivity index (χ1v) is 7.20. The summed E-state index contributed by atoms with van der Waals surface area (Å²) in [6.07, 6.45) is 17.1. The first-order valence-electron chi connectivity index (χ1n) is 7.20. The van der Waals surface area contributed by atoms with Crippen LogP contribution in [0.25, 0.3) is 0 Å². The van der Waals surface area contributed by atoms with E-state index in [2.05, 4.69) is 12.2 Å². The van der Waals surface area contributed by atoms with E-state index >= 15 is 0 Å². The first-order chi connectivity index (χ1) is 8.39. The molecule has 1 rings (SSSR count). The molecule has 98 valence electrons. The number of rotatable bonds is 0. The molecule has 0 fully saturated rings. The highest BCUT2D eigenvalue weighted by Crippen LogP contribution is 2.11. The molecule has 2 heteroatoms. The van der Waals surface area contributed by atoms with Gasteiger partial charge in [0.2, 0.25) is 0 Å². The number of cyclic esters (lactones) is 1. The lowest BCUT2D eigenvalue weighted by Crippen LogP contribution is -2.05. The van der Waals surface area contributed by atoms with Crippen LogP contribution in [-0.2, 0) is 9.53 Å². The van der Waals surface area contributed by atoms with Gasteiger partial charge in [0.15, 0.2) is 0 Å². The standard InChI is InChI=1S/C15H26O2/c16-15-13-11-9-7-5-3-1-2-4-6-8-10-12-14-17-15/h7,9H,1-6,8,10-14H2. The predicted octanol–water partition coefficient (Wildman–Crippen LogP) is 4.39. The highest BCUT2D eigenvalue weighted by atomic mass is 16.5. The number of carbonyl (C=O) groups excluding carboxylic acids is 1. The summed E-state index contributed by atoms with van der Waals surface area (Å²) in [5.74, 6) is -0.0401. The molecule has 0 N–H and O–H groups in total. The van der Waals surface area contributed by atoms with Crippen LogP contribution in [-0.4, -0.2) is 12.6 Å². The number of carbonyl (C=O) groups is 1. The molecule has 1 aliphatic rings. The SMILES string of the molecule is O=C1CCC=CCCCCCCCCCCO1. The molecule has 0 aromatic heterocycles. The Hall–Kier alpha value is -0.790. The van der Waals surface area contributed by atoms with Crippen molar-refractivity contribution < 1.29 is 9.53 Å². The molecule has 0 spiro atoms. The van der Waals surface area contributed by atoms with Crippen LogP contribution in [0.1, 0.15) is 70.6 Å². The smallest absolute Gasteiger partial charge is 0.306 e. The minimum Gasteiger partial charge on any atom is -0.466 e. The zero-order valence-corrected chi connectivity index (χ0v) is 11.0. The van der Waals surface area contributed by atoms with Gasteiger partial charge >= 0.3 is 5.97 Å². The lowest BCUT2D eigenvalue weighted by Gasteiger charge is -2.05. The number of ether oxygens (including phenoxy) is 1. The summed E-state index contributed by atoms with van der Waals surface area (Å²) >= 11 is 0. The van der Waals surface area contributed by atoms with Gasteiger partial charge in [-0.25, -0.2) is 0 Å². The van der Waals surface area contributed by atoms with Gasteiger partial charge in [-0.15, -0.1) is 0 Å². The second kappa shape index (κ2) is 10.4. The Labute approximate surface area is 105 Å². The minimum atomic E-state index is -0.0401. The van der Waals surface area contributed by atoms with Gasteiger partial charge < -0.3 is 4.74 Å². The number of hydrogen-bond donors (Lipinski definition) is 0. The molecule has 1 aliphatic heterocycles. The van der Waals surface area contributed by atoms with Gasteiger partial charge in [0.1, 0.15) is 0 Å².